The number of ether oxygens (including phenoxy) is 3. The van der Waals surface area contributed by atoms with Crippen molar-refractivity contribution in [2.45, 2.75) is 50.3 Å². The van der Waals surface area contributed by atoms with E-state index < -0.39 is 0 Å². The molecule has 4 rings (SSSR count). The molecule has 2 saturated heterocycles. The second-order valence-electron chi connectivity index (χ2n) is 7.41. The van der Waals surface area contributed by atoms with Gasteiger partial charge in [-0.3, -0.25) is 4.79 Å². The van der Waals surface area contributed by atoms with Crippen molar-refractivity contribution < 1.29 is 23.8 Å². The summed E-state index contributed by atoms with van der Waals surface area (Å²) in [6, 6.07) is 7.66. The Balaban J connectivity index is 1.25. The van der Waals surface area contributed by atoms with E-state index in [2.05, 4.69) is 5.32 Å². The highest BCUT2D eigenvalue weighted by molar-refractivity contribution is 5.94. The Kier molecular flexibility index (Phi) is 5.48. The van der Waals surface area contributed by atoms with E-state index in [1.165, 1.54) is 0 Å². The van der Waals surface area contributed by atoms with Crippen LogP contribution in [0.25, 0.3) is 0 Å². The molecule has 1 aromatic carbocycles. The summed E-state index contributed by atoms with van der Waals surface area (Å²) < 4.78 is 16.2. The van der Waals surface area contributed by atoms with Crippen LogP contribution in [0.15, 0.2) is 24.3 Å². The molecule has 0 radical (unpaired) electrons. The van der Waals surface area contributed by atoms with Crippen LogP contribution in [-0.2, 0) is 9.47 Å². The number of carbonyl (C=O) groups is 2. The SMILES string of the molecule is O=C(NC1CCC(N2CCOC2=O)CC1)c1ccc(OC2CCOC2)cc1. The predicted molar refractivity (Wildman–Crippen MR) is 97.9 cm³/mol. The average molecular weight is 374 g/mol. The molecule has 7 nitrogen and oxygen atoms in total. The maximum Gasteiger partial charge on any atom is 0.410 e. The van der Waals surface area contributed by atoms with Gasteiger partial charge in [-0.05, 0) is 49.9 Å². The molecule has 2 amide bonds. The van der Waals surface area contributed by atoms with E-state index in [9.17, 15) is 9.59 Å². The van der Waals surface area contributed by atoms with Gasteiger partial charge in [-0.25, -0.2) is 4.79 Å². The minimum absolute atomic E-state index is 0.0604. The minimum atomic E-state index is -0.200. The lowest BCUT2D eigenvalue weighted by molar-refractivity contribution is 0.0910. The highest BCUT2D eigenvalue weighted by Gasteiger charge is 2.33. The van der Waals surface area contributed by atoms with Crippen molar-refractivity contribution in [2.75, 3.05) is 26.4 Å². The Labute approximate surface area is 158 Å². The first-order valence-electron chi connectivity index (χ1n) is 9.78. The quantitative estimate of drug-likeness (QED) is 0.856. The van der Waals surface area contributed by atoms with Gasteiger partial charge in [-0.1, -0.05) is 0 Å². The number of nitrogens with zero attached hydrogens (tertiary/aromatic N) is 1. The molecule has 3 aliphatic rings. The molecule has 146 valence electrons. The monoisotopic (exact) mass is 374 g/mol. The Hall–Kier alpha value is -2.28. The smallest absolute Gasteiger partial charge is 0.410 e. The maximum atomic E-state index is 12.5. The van der Waals surface area contributed by atoms with Gasteiger partial charge in [0.05, 0.1) is 19.8 Å². The van der Waals surface area contributed by atoms with Crippen LogP contribution in [0.3, 0.4) is 0 Å². The molecule has 0 spiro atoms. The molecule has 1 atom stereocenters. The fourth-order valence-corrected chi connectivity index (χ4v) is 4.02. The largest absolute Gasteiger partial charge is 0.488 e. The molecule has 1 N–H and O–H groups in total. The average Bonchev–Trinajstić information content (AvgIpc) is 3.35. The molecule has 7 heteroatoms. The fraction of sp³-hybridized carbons (Fsp3) is 0.600. The summed E-state index contributed by atoms with van der Waals surface area (Å²) in [5, 5.41) is 3.12. The third-order valence-electron chi connectivity index (χ3n) is 5.57. The Morgan fingerprint density at radius 1 is 1.07 bits per heavy atom. The molecule has 0 bridgehead atoms. The number of amides is 2. The van der Waals surface area contributed by atoms with Gasteiger partial charge in [0.1, 0.15) is 18.5 Å². The van der Waals surface area contributed by atoms with Crippen LogP contribution >= 0.6 is 0 Å². The van der Waals surface area contributed by atoms with Crippen LogP contribution < -0.4 is 10.1 Å². The van der Waals surface area contributed by atoms with E-state index in [4.69, 9.17) is 14.2 Å². The van der Waals surface area contributed by atoms with Crippen LogP contribution in [0, 0.1) is 0 Å². The zero-order valence-electron chi connectivity index (χ0n) is 15.4. The van der Waals surface area contributed by atoms with Gasteiger partial charge in [0.15, 0.2) is 0 Å². The molecule has 2 heterocycles. The summed E-state index contributed by atoms with van der Waals surface area (Å²) in [7, 11) is 0. The second-order valence-corrected chi connectivity index (χ2v) is 7.41. The van der Waals surface area contributed by atoms with Crippen molar-refractivity contribution in [1.82, 2.24) is 10.2 Å². The van der Waals surface area contributed by atoms with Gasteiger partial charge < -0.3 is 24.4 Å². The van der Waals surface area contributed by atoms with Gasteiger partial charge in [0.25, 0.3) is 5.91 Å². The topological polar surface area (TPSA) is 77.1 Å². The van der Waals surface area contributed by atoms with Crippen molar-refractivity contribution in [3.05, 3.63) is 29.8 Å². The Morgan fingerprint density at radius 3 is 2.48 bits per heavy atom. The lowest BCUT2D eigenvalue weighted by Crippen LogP contribution is -2.44. The molecule has 1 unspecified atom stereocenters. The zero-order chi connectivity index (χ0) is 18.6. The van der Waals surface area contributed by atoms with Crippen molar-refractivity contribution in [2.24, 2.45) is 0 Å². The van der Waals surface area contributed by atoms with E-state index in [1.54, 1.807) is 12.1 Å². The third-order valence-corrected chi connectivity index (χ3v) is 5.57. The molecular weight excluding hydrogens is 348 g/mol. The minimum Gasteiger partial charge on any atom is -0.488 e. The van der Waals surface area contributed by atoms with E-state index in [0.29, 0.717) is 25.3 Å². The number of cyclic esters (lactones) is 1. The number of hydrogen-bond donors (Lipinski definition) is 1. The number of hydrogen-bond acceptors (Lipinski definition) is 5. The van der Waals surface area contributed by atoms with Crippen LogP contribution in [-0.4, -0.2) is 61.5 Å². The molecule has 1 aromatic rings. The van der Waals surface area contributed by atoms with Crippen LogP contribution in [0.4, 0.5) is 4.79 Å². The number of nitrogens with one attached hydrogen (secondary N) is 1. The molecule has 2 aliphatic heterocycles. The molecule has 1 aliphatic carbocycles. The Bertz CT molecular complexity index is 663. The second kappa shape index (κ2) is 8.17. The van der Waals surface area contributed by atoms with Crippen molar-refractivity contribution in [3.63, 3.8) is 0 Å². The summed E-state index contributed by atoms with van der Waals surface area (Å²) in [5.74, 6) is 0.704. The van der Waals surface area contributed by atoms with Gasteiger partial charge in [0.2, 0.25) is 0 Å². The van der Waals surface area contributed by atoms with E-state index in [0.717, 1.165) is 44.5 Å². The standard InChI is InChI=1S/C20H26N2O5/c23-19(14-1-7-17(8-2-14)27-18-9-11-25-13-18)21-15-3-5-16(6-4-15)22-10-12-26-20(22)24/h1-2,7-8,15-16,18H,3-6,9-13H2,(H,21,23). The number of rotatable bonds is 5. The molecular formula is C20H26N2O5. The van der Waals surface area contributed by atoms with E-state index >= 15 is 0 Å². The summed E-state index contributed by atoms with van der Waals surface area (Å²) >= 11 is 0. The van der Waals surface area contributed by atoms with Crippen molar-refractivity contribution in [3.8, 4) is 5.75 Å². The normalized spacial score (nSPS) is 28.1. The van der Waals surface area contributed by atoms with Crippen LogP contribution in [0.5, 0.6) is 5.75 Å². The third kappa shape index (κ3) is 4.35. The first kappa shape index (κ1) is 18.1. The summed E-state index contributed by atoms with van der Waals surface area (Å²) in [6.45, 7) is 2.54. The summed E-state index contributed by atoms with van der Waals surface area (Å²) in [5.41, 5.74) is 0.635. The van der Waals surface area contributed by atoms with Gasteiger partial charge in [0, 0.05) is 24.1 Å². The van der Waals surface area contributed by atoms with Crippen molar-refractivity contribution in [1.29, 1.82) is 0 Å². The number of carbonyl (C=O) groups excluding carboxylic acids is 2. The van der Waals surface area contributed by atoms with Crippen molar-refractivity contribution >= 4 is 12.0 Å². The molecule has 0 aromatic heterocycles. The molecule has 3 fully saturated rings. The van der Waals surface area contributed by atoms with Gasteiger partial charge in [-0.15, -0.1) is 0 Å². The predicted octanol–water partition coefficient (Wildman–Crippen LogP) is 2.35. The van der Waals surface area contributed by atoms with Gasteiger partial charge in [-0.2, -0.15) is 0 Å². The van der Waals surface area contributed by atoms with E-state index in [-0.39, 0.29) is 30.2 Å². The van der Waals surface area contributed by atoms with E-state index in [1.807, 2.05) is 17.0 Å². The zero-order valence-corrected chi connectivity index (χ0v) is 15.4. The highest BCUT2D eigenvalue weighted by atomic mass is 16.6. The number of benzene rings is 1. The summed E-state index contributed by atoms with van der Waals surface area (Å²) in [6.07, 6.45) is 4.36. The maximum absolute atomic E-state index is 12.5. The molecule has 1 saturated carbocycles. The highest BCUT2D eigenvalue weighted by Crippen LogP contribution is 2.26. The first-order valence-corrected chi connectivity index (χ1v) is 9.78. The summed E-state index contributed by atoms with van der Waals surface area (Å²) in [4.78, 5) is 26.0. The van der Waals surface area contributed by atoms with Gasteiger partial charge >= 0.3 is 6.09 Å². The lowest BCUT2D eigenvalue weighted by Gasteiger charge is -2.33. The Morgan fingerprint density at radius 2 is 1.85 bits per heavy atom. The fourth-order valence-electron chi connectivity index (χ4n) is 4.02. The lowest BCUT2D eigenvalue weighted by atomic mass is 9.90. The van der Waals surface area contributed by atoms with Crippen LogP contribution in [0.2, 0.25) is 0 Å². The van der Waals surface area contributed by atoms with Crippen LogP contribution in [0.1, 0.15) is 42.5 Å². The first-order chi connectivity index (χ1) is 13.2. The molecule has 27 heavy (non-hydrogen) atoms.